The average Bonchev–Trinajstić information content (AvgIpc) is 2.85. The third-order valence-electron chi connectivity index (χ3n) is 5.51. The Hall–Kier alpha value is -3.78. The SMILES string of the molecule is C1=CCC(c2ccc(-c3cccc(-c4ccc(-c5ccccc5)nc4)c3)cn2)C=C1. The smallest absolute Gasteiger partial charge is 0.0702 e. The molecule has 30 heavy (non-hydrogen) atoms. The normalized spacial score (nSPS) is 15.3. The fourth-order valence-corrected chi connectivity index (χ4v) is 3.82. The summed E-state index contributed by atoms with van der Waals surface area (Å²) in [6.07, 6.45) is 13.6. The van der Waals surface area contributed by atoms with E-state index in [1.807, 2.05) is 30.6 Å². The maximum absolute atomic E-state index is 4.73. The van der Waals surface area contributed by atoms with Gasteiger partial charge in [-0.05, 0) is 35.7 Å². The topological polar surface area (TPSA) is 25.8 Å². The molecule has 0 radical (unpaired) electrons. The van der Waals surface area contributed by atoms with Gasteiger partial charge in [-0.3, -0.25) is 9.97 Å². The number of rotatable bonds is 4. The summed E-state index contributed by atoms with van der Waals surface area (Å²) in [5, 5.41) is 0. The van der Waals surface area contributed by atoms with Crippen molar-refractivity contribution in [3.63, 3.8) is 0 Å². The maximum atomic E-state index is 4.73. The molecule has 144 valence electrons. The van der Waals surface area contributed by atoms with E-state index in [0.717, 1.165) is 45.6 Å². The van der Waals surface area contributed by atoms with E-state index in [2.05, 4.69) is 90.0 Å². The molecule has 0 fully saturated rings. The molecule has 1 aliphatic rings. The quantitative estimate of drug-likeness (QED) is 0.374. The minimum absolute atomic E-state index is 0.379. The van der Waals surface area contributed by atoms with Crippen molar-refractivity contribution in [2.24, 2.45) is 0 Å². The predicted molar refractivity (Wildman–Crippen MR) is 124 cm³/mol. The Morgan fingerprint density at radius 1 is 0.600 bits per heavy atom. The number of nitrogens with zero attached hydrogens (tertiary/aromatic N) is 2. The largest absolute Gasteiger partial charge is 0.260 e. The van der Waals surface area contributed by atoms with Crippen LogP contribution < -0.4 is 0 Å². The Morgan fingerprint density at radius 3 is 1.97 bits per heavy atom. The van der Waals surface area contributed by atoms with Crippen LogP contribution in [-0.2, 0) is 0 Å². The van der Waals surface area contributed by atoms with E-state index in [1.165, 1.54) is 0 Å². The molecule has 0 N–H and O–H groups in total. The molecular formula is C28H22N2. The maximum Gasteiger partial charge on any atom is 0.0702 e. The molecule has 1 aliphatic carbocycles. The summed E-state index contributed by atoms with van der Waals surface area (Å²) >= 11 is 0. The lowest BCUT2D eigenvalue weighted by atomic mass is 9.95. The van der Waals surface area contributed by atoms with E-state index in [-0.39, 0.29) is 0 Å². The number of hydrogen-bond donors (Lipinski definition) is 0. The first kappa shape index (κ1) is 18.3. The van der Waals surface area contributed by atoms with Gasteiger partial charge >= 0.3 is 0 Å². The summed E-state index contributed by atoms with van der Waals surface area (Å²) in [7, 11) is 0. The van der Waals surface area contributed by atoms with Crippen molar-refractivity contribution in [3.05, 3.63) is 121 Å². The minimum atomic E-state index is 0.379. The Labute approximate surface area is 177 Å². The lowest BCUT2D eigenvalue weighted by molar-refractivity contribution is 0.816. The molecule has 0 amide bonds. The van der Waals surface area contributed by atoms with Crippen LogP contribution in [0.1, 0.15) is 18.0 Å². The van der Waals surface area contributed by atoms with Gasteiger partial charge in [0.25, 0.3) is 0 Å². The van der Waals surface area contributed by atoms with Gasteiger partial charge in [-0.2, -0.15) is 0 Å². The molecule has 2 heterocycles. The van der Waals surface area contributed by atoms with Crippen LogP contribution in [0.25, 0.3) is 33.5 Å². The first-order valence-electron chi connectivity index (χ1n) is 10.3. The van der Waals surface area contributed by atoms with Crippen LogP contribution in [-0.4, -0.2) is 9.97 Å². The highest BCUT2D eigenvalue weighted by Crippen LogP contribution is 2.29. The summed E-state index contributed by atoms with van der Waals surface area (Å²) in [5.41, 5.74) is 7.80. The van der Waals surface area contributed by atoms with Gasteiger partial charge in [0.15, 0.2) is 0 Å². The van der Waals surface area contributed by atoms with Crippen LogP contribution in [0.5, 0.6) is 0 Å². The van der Waals surface area contributed by atoms with Crippen molar-refractivity contribution in [2.75, 3.05) is 0 Å². The number of benzene rings is 2. The summed E-state index contributed by atoms with van der Waals surface area (Å²) in [5.74, 6) is 0.379. The van der Waals surface area contributed by atoms with Crippen molar-refractivity contribution in [1.82, 2.24) is 9.97 Å². The van der Waals surface area contributed by atoms with E-state index in [0.29, 0.717) is 5.92 Å². The standard InChI is InChI=1S/C28H22N2/c1-3-8-21(9-4-1)27-16-14-25(19-29-27)23-12-7-13-24(18-23)26-15-17-28(30-20-26)22-10-5-2-6-11-22/h1-10,12-20,22H,11H2. The average molecular weight is 386 g/mol. The van der Waals surface area contributed by atoms with Crippen LogP contribution in [0.2, 0.25) is 0 Å². The molecule has 2 nitrogen and oxygen atoms in total. The van der Waals surface area contributed by atoms with Crippen LogP contribution in [0, 0.1) is 0 Å². The van der Waals surface area contributed by atoms with Gasteiger partial charge < -0.3 is 0 Å². The molecule has 1 unspecified atom stereocenters. The van der Waals surface area contributed by atoms with E-state index >= 15 is 0 Å². The number of aromatic nitrogens is 2. The van der Waals surface area contributed by atoms with Crippen molar-refractivity contribution in [2.45, 2.75) is 12.3 Å². The fourth-order valence-electron chi connectivity index (χ4n) is 3.82. The van der Waals surface area contributed by atoms with Gasteiger partial charge in [0.2, 0.25) is 0 Å². The molecule has 4 aromatic rings. The zero-order chi connectivity index (χ0) is 20.2. The van der Waals surface area contributed by atoms with Gasteiger partial charge in [0.1, 0.15) is 0 Å². The number of pyridine rings is 2. The lowest BCUT2D eigenvalue weighted by Crippen LogP contribution is -1.99. The van der Waals surface area contributed by atoms with Gasteiger partial charge in [0.05, 0.1) is 5.69 Å². The Bertz CT molecular complexity index is 1190. The molecule has 2 aromatic heterocycles. The molecule has 5 rings (SSSR count). The first-order valence-corrected chi connectivity index (χ1v) is 10.3. The molecule has 0 bridgehead atoms. The van der Waals surface area contributed by atoms with E-state index < -0.39 is 0 Å². The van der Waals surface area contributed by atoms with Crippen molar-refractivity contribution in [1.29, 1.82) is 0 Å². The van der Waals surface area contributed by atoms with Crippen LogP contribution >= 0.6 is 0 Å². The Kier molecular flexibility index (Phi) is 5.05. The van der Waals surface area contributed by atoms with Crippen LogP contribution in [0.3, 0.4) is 0 Å². The van der Waals surface area contributed by atoms with Crippen molar-refractivity contribution < 1.29 is 0 Å². The summed E-state index contributed by atoms with van der Waals surface area (Å²) in [4.78, 5) is 9.40. The van der Waals surface area contributed by atoms with E-state index in [9.17, 15) is 0 Å². The molecule has 0 aliphatic heterocycles. The highest BCUT2D eigenvalue weighted by atomic mass is 14.7. The molecule has 2 heteroatoms. The Morgan fingerprint density at radius 2 is 1.33 bits per heavy atom. The summed E-state index contributed by atoms with van der Waals surface area (Å²) < 4.78 is 0. The van der Waals surface area contributed by atoms with Gasteiger partial charge in [-0.15, -0.1) is 0 Å². The second-order valence-corrected chi connectivity index (χ2v) is 7.51. The van der Waals surface area contributed by atoms with Crippen LogP contribution in [0.4, 0.5) is 0 Å². The second-order valence-electron chi connectivity index (χ2n) is 7.51. The van der Waals surface area contributed by atoms with Gasteiger partial charge in [-0.25, -0.2) is 0 Å². The summed E-state index contributed by atoms with van der Waals surface area (Å²) in [6, 6.07) is 27.4. The molecule has 0 saturated heterocycles. The Balaban J connectivity index is 1.39. The lowest BCUT2D eigenvalue weighted by Gasteiger charge is -2.13. The summed E-state index contributed by atoms with van der Waals surface area (Å²) in [6.45, 7) is 0. The molecule has 0 saturated carbocycles. The molecule has 1 atom stereocenters. The zero-order valence-corrected chi connectivity index (χ0v) is 16.6. The zero-order valence-electron chi connectivity index (χ0n) is 16.6. The van der Waals surface area contributed by atoms with Crippen LogP contribution in [0.15, 0.2) is 116 Å². The second kappa shape index (κ2) is 8.30. The number of allylic oxidation sites excluding steroid dienone is 4. The van der Waals surface area contributed by atoms with E-state index in [1.54, 1.807) is 0 Å². The first-order chi connectivity index (χ1) is 14.9. The highest BCUT2D eigenvalue weighted by Gasteiger charge is 2.10. The molecule has 2 aromatic carbocycles. The molecular weight excluding hydrogens is 364 g/mol. The highest BCUT2D eigenvalue weighted by molar-refractivity contribution is 5.73. The van der Waals surface area contributed by atoms with Crippen molar-refractivity contribution in [3.8, 4) is 33.5 Å². The monoisotopic (exact) mass is 386 g/mol. The van der Waals surface area contributed by atoms with Gasteiger partial charge in [0, 0.05) is 40.7 Å². The minimum Gasteiger partial charge on any atom is -0.260 e. The van der Waals surface area contributed by atoms with E-state index in [4.69, 9.17) is 4.98 Å². The van der Waals surface area contributed by atoms with Gasteiger partial charge in [-0.1, -0.05) is 85.0 Å². The fraction of sp³-hybridized carbons (Fsp3) is 0.0714. The molecule has 0 spiro atoms. The predicted octanol–water partition coefficient (Wildman–Crippen LogP) is 7.08. The van der Waals surface area contributed by atoms with Crippen molar-refractivity contribution >= 4 is 0 Å². The number of hydrogen-bond acceptors (Lipinski definition) is 2. The third-order valence-corrected chi connectivity index (χ3v) is 5.51. The third kappa shape index (κ3) is 3.85.